The molecule has 0 aromatic carbocycles. The first-order valence-electron chi connectivity index (χ1n) is 4.96. The average Bonchev–Trinajstić information content (AvgIpc) is 2.04. The van der Waals surface area contributed by atoms with Crippen molar-refractivity contribution in [3.63, 3.8) is 0 Å². The van der Waals surface area contributed by atoms with E-state index in [1.165, 1.54) is 0 Å². The van der Waals surface area contributed by atoms with Crippen LogP contribution < -0.4 is 0 Å². The third-order valence-corrected chi connectivity index (χ3v) is 2.50. The maximum Gasteiger partial charge on any atom is -0.0115 e. The van der Waals surface area contributed by atoms with E-state index in [0.29, 0.717) is 5.92 Å². The van der Waals surface area contributed by atoms with Crippen LogP contribution in [0.15, 0.2) is 37.0 Å². The van der Waals surface area contributed by atoms with Crippen LogP contribution in [0.1, 0.15) is 34.1 Å². The molecule has 0 aromatic rings. The third kappa shape index (κ3) is 4.72. The van der Waals surface area contributed by atoms with Crippen LogP contribution >= 0.6 is 0 Å². The van der Waals surface area contributed by atoms with Crippen LogP contribution in [0.4, 0.5) is 0 Å². The Hall–Kier alpha value is -0.780. The molecule has 1 unspecified atom stereocenters. The zero-order valence-corrected chi connectivity index (χ0v) is 9.38. The van der Waals surface area contributed by atoms with E-state index in [4.69, 9.17) is 0 Å². The molecule has 0 heteroatoms. The Balaban J connectivity index is 4.22. The number of hydrogen-bond donors (Lipinski definition) is 0. The van der Waals surface area contributed by atoms with E-state index in [-0.39, 0.29) is 5.41 Å². The van der Waals surface area contributed by atoms with Gasteiger partial charge in [-0.05, 0) is 24.7 Å². The second kappa shape index (κ2) is 5.80. The summed E-state index contributed by atoms with van der Waals surface area (Å²) < 4.78 is 0. The van der Waals surface area contributed by atoms with E-state index < -0.39 is 0 Å². The lowest BCUT2D eigenvalue weighted by Crippen LogP contribution is -2.16. The van der Waals surface area contributed by atoms with Gasteiger partial charge in [-0.2, -0.15) is 0 Å². The van der Waals surface area contributed by atoms with E-state index in [1.807, 2.05) is 6.08 Å². The molecule has 0 nitrogen and oxygen atoms in total. The summed E-state index contributed by atoms with van der Waals surface area (Å²) in [5.74, 6) is 0.573. The van der Waals surface area contributed by atoms with E-state index in [2.05, 4.69) is 58.6 Å². The molecule has 0 aliphatic heterocycles. The quantitative estimate of drug-likeness (QED) is 0.549. The summed E-state index contributed by atoms with van der Waals surface area (Å²) in [6.07, 6.45) is 11.7. The summed E-state index contributed by atoms with van der Waals surface area (Å²) in [7, 11) is 0. The van der Waals surface area contributed by atoms with E-state index in [9.17, 15) is 0 Å². The summed E-state index contributed by atoms with van der Waals surface area (Å²) in [4.78, 5) is 0. The topological polar surface area (TPSA) is 0 Å². The summed E-state index contributed by atoms with van der Waals surface area (Å²) in [6.45, 7) is 12.5. The van der Waals surface area contributed by atoms with Gasteiger partial charge in [-0.25, -0.2) is 0 Å². The molecule has 0 aliphatic carbocycles. The lowest BCUT2D eigenvalue weighted by molar-refractivity contribution is 0.367. The fourth-order valence-electron chi connectivity index (χ4n) is 1.21. The first kappa shape index (κ1) is 12.2. The Bertz CT molecular complexity index is 194. The first-order chi connectivity index (χ1) is 6.04. The van der Waals surface area contributed by atoms with Crippen molar-refractivity contribution in [3.05, 3.63) is 37.0 Å². The summed E-state index contributed by atoms with van der Waals surface area (Å²) in [5.41, 5.74) is 0.256. The van der Waals surface area contributed by atoms with Gasteiger partial charge in [0.2, 0.25) is 0 Å². The van der Waals surface area contributed by atoms with Crippen molar-refractivity contribution in [1.82, 2.24) is 0 Å². The molecule has 0 saturated heterocycles. The van der Waals surface area contributed by atoms with Gasteiger partial charge in [0.05, 0.1) is 0 Å². The predicted octanol–water partition coefficient (Wildman–Crippen LogP) is 4.36. The molecule has 0 aromatic heterocycles. The highest BCUT2D eigenvalue weighted by Gasteiger charge is 2.19. The van der Waals surface area contributed by atoms with E-state index in [0.717, 1.165) is 6.42 Å². The van der Waals surface area contributed by atoms with E-state index >= 15 is 0 Å². The van der Waals surface area contributed by atoms with Gasteiger partial charge in [0.15, 0.2) is 0 Å². The molecule has 0 saturated carbocycles. The van der Waals surface area contributed by atoms with Crippen LogP contribution in [0, 0.1) is 11.3 Å². The minimum Gasteiger partial charge on any atom is -0.103 e. The molecule has 0 radical (unpaired) electrons. The van der Waals surface area contributed by atoms with Crippen LogP contribution in [-0.2, 0) is 0 Å². The Morgan fingerprint density at radius 3 is 2.46 bits per heavy atom. The highest BCUT2D eigenvalue weighted by Crippen LogP contribution is 2.29. The van der Waals surface area contributed by atoms with Gasteiger partial charge < -0.3 is 0 Å². The summed E-state index contributed by atoms with van der Waals surface area (Å²) in [5, 5.41) is 0. The zero-order valence-electron chi connectivity index (χ0n) is 9.38. The maximum absolute atomic E-state index is 3.69. The SMILES string of the molecule is C=CC/C=C/C(C)C(C)(C)/C=C/C. The van der Waals surface area contributed by atoms with Crippen LogP contribution in [0.3, 0.4) is 0 Å². The number of allylic oxidation sites excluding steroid dienone is 5. The number of rotatable bonds is 5. The highest BCUT2D eigenvalue weighted by molar-refractivity contribution is 5.03. The lowest BCUT2D eigenvalue weighted by atomic mass is 9.79. The average molecular weight is 178 g/mol. The minimum absolute atomic E-state index is 0.256. The maximum atomic E-state index is 3.69. The van der Waals surface area contributed by atoms with Crippen molar-refractivity contribution in [2.24, 2.45) is 11.3 Å². The van der Waals surface area contributed by atoms with Crippen LogP contribution in [0.5, 0.6) is 0 Å². The Kier molecular flexibility index (Phi) is 5.45. The molecule has 0 bridgehead atoms. The van der Waals surface area contributed by atoms with Crippen LogP contribution in [0.25, 0.3) is 0 Å². The molecular formula is C13H22. The largest absolute Gasteiger partial charge is 0.103 e. The van der Waals surface area contributed by atoms with Crippen LogP contribution in [-0.4, -0.2) is 0 Å². The summed E-state index contributed by atoms with van der Waals surface area (Å²) >= 11 is 0. The monoisotopic (exact) mass is 178 g/mol. The van der Waals surface area contributed by atoms with Gasteiger partial charge in [-0.15, -0.1) is 6.58 Å². The molecule has 0 heterocycles. The molecular weight excluding hydrogens is 156 g/mol. The molecule has 0 aliphatic rings. The molecule has 13 heavy (non-hydrogen) atoms. The summed E-state index contributed by atoms with van der Waals surface area (Å²) in [6, 6.07) is 0. The van der Waals surface area contributed by atoms with Crippen molar-refractivity contribution in [2.45, 2.75) is 34.1 Å². The highest BCUT2D eigenvalue weighted by atomic mass is 14.2. The van der Waals surface area contributed by atoms with E-state index in [1.54, 1.807) is 0 Å². The van der Waals surface area contributed by atoms with Crippen molar-refractivity contribution in [2.75, 3.05) is 0 Å². The van der Waals surface area contributed by atoms with Gasteiger partial charge in [-0.3, -0.25) is 0 Å². The molecule has 0 rings (SSSR count). The molecule has 0 N–H and O–H groups in total. The first-order valence-corrected chi connectivity index (χ1v) is 4.96. The zero-order chi connectivity index (χ0) is 10.3. The Labute approximate surface area is 83.0 Å². The van der Waals surface area contributed by atoms with Gasteiger partial charge in [0.1, 0.15) is 0 Å². The second-order valence-electron chi connectivity index (χ2n) is 4.06. The van der Waals surface area contributed by atoms with Crippen molar-refractivity contribution < 1.29 is 0 Å². The molecule has 1 atom stereocenters. The van der Waals surface area contributed by atoms with Crippen LogP contribution in [0.2, 0.25) is 0 Å². The molecule has 0 amide bonds. The lowest BCUT2D eigenvalue weighted by Gasteiger charge is -2.25. The van der Waals surface area contributed by atoms with Gasteiger partial charge in [0.25, 0.3) is 0 Å². The Morgan fingerprint density at radius 2 is 2.00 bits per heavy atom. The van der Waals surface area contributed by atoms with Crippen molar-refractivity contribution >= 4 is 0 Å². The molecule has 0 spiro atoms. The van der Waals surface area contributed by atoms with Crippen molar-refractivity contribution in [1.29, 1.82) is 0 Å². The normalized spacial score (nSPS) is 15.4. The fourth-order valence-corrected chi connectivity index (χ4v) is 1.21. The fraction of sp³-hybridized carbons (Fsp3) is 0.538. The van der Waals surface area contributed by atoms with Gasteiger partial charge in [0, 0.05) is 0 Å². The smallest absolute Gasteiger partial charge is 0.0115 e. The molecule has 74 valence electrons. The van der Waals surface area contributed by atoms with Gasteiger partial charge >= 0.3 is 0 Å². The Morgan fingerprint density at radius 1 is 1.38 bits per heavy atom. The van der Waals surface area contributed by atoms with Gasteiger partial charge in [-0.1, -0.05) is 51.2 Å². The third-order valence-electron chi connectivity index (χ3n) is 2.50. The number of hydrogen-bond acceptors (Lipinski definition) is 0. The second-order valence-corrected chi connectivity index (χ2v) is 4.06. The minimum atomic E-state index is 0.256. The standard InChI is InChI=1S/C13H22/c1-6-8-9-10-12(3)13(4,5)11-7-2/h6-7,9-12H,1,8H2,2-5H3/b10-9+,11-7+. The van der Waals surface area contributed by atoms with Crippen molar-refractivity contribution in [3.8, 4) is 0 Å². The molecule has 0 fully saturated rings. The predicted molar refractivity (Wildman–Crippen MR) is 61.7 cm³/mol.